The Bertz CT molecular complexity index is 816. The van der Waals surface area contributed by atoms with Gasteiger partial charge in [0.15, 0.2) is 0 Å². The minimum Gasteiger partial charge on any atom is -0.338 e. The van der Waals surface area contributed by atoms with Crippen LogP contribution in [0.25, 0.3) is 0 Å². The molecule has 0 spiro atoms. The number of rotatable bonds is 4. The van der Waals surface area contributed by atoms with Crippen molar-refractivity contribution in [1.82, 2.24) is 14.6 Å². The Morgan fingerprint density at radius 2 is 2.30 bits per heavy atom. The van der Waals surface area contributed by atoms with Crippen LogP contribution in [0, 0.1) is 0 Å². The molecule has 2 aromatic heterocycles. The molecule has 3 rings (SSSR count). The number of carbonyl (C=O) groups excluding carboxylic acids is 1. The fourth-order valence-corrected chi connectivity index (χ4v) is 5.06. The molecule has 0 unspecified atom stereocenters. The average Bonchev–Trinajstić information content (AvgIpc) is 2.98. The van der Waals surface area contributed by atoms with E-state index in [4.69, 9.17) is 0 Å². The quantitative estimate of drug-likeness (QED) is 0.906. The van der Waals surface area contributed by atoms with Crippen LogP contribution < -0.4 is 4.72 Å². The third kappa shape index (κ3) is 3.60. The molecule has 1 aliphatic rings. The minimum atomic E-state index is -3.55. The molecule has 23 heavy (non-hydrogen) atoms. The lowest BCUT2D eigenvalue weighted by atomic mass is 10.1. The molecule has 0 aliphatic carbocycles. The molecule has 122 valence electrons. The molecular weight excluding hydrogens is 334 g/mol. The number of nitrogens with one attached hydrogen (secondary N) is 1. The van der Waals surface area contributed by atoms with Crippen molar-refractivity contribution < 1.29 is 13.2 Å². The number of pyridine rings is 1. The van der Waals surface area contributed by atoms with E-state index >= 15 is 0 Å². The van der Waals surface area contributed by atoms with Crippen molar-refractivity contribution in [2.24, 2.45) is 0 Å². The molecule has 1 aliphatic heterocycles. The molecule has 0 saturated carbocycles. The number of sulfonamides is 1. The second-order valence-electron chi connectivity index (χ2n) is 5.39. The highest BCUT2D eigenvalue weighted by Crippen LogP contribution is 2.31. The first-order valence-corrected chi connectivity index (χ1v) is 9.51. The topological polar surface area (TPSA) is 79.4 Å². The van der Waals surface area contributed by atoms with Gasteiger partial charge in [-0.2, -0.15) is 0 Å². The predicted octanol–water partition coefficient (Wildman–Crippen LogP) is 1.53. The fraction of sp³-hybridized carbons (Fsp3) is 0.333. The van der Waals surface area contributed by atoms with E-state index in [0.717, 1.165) is 16.0 Å². The van der Waals surface area contributed by atoms with E-state index in [0.29, 0.717) is 23.7 Å². The van der Waals surface area contributed by atoms with Gasteiger partial charge in [0.25, 0.3) is 0 Å². The van der Waals surface area contributed by atoms with Gasteiger partial charge in [0, 0.05) is 43.8 Å². The maximum absolute atomic E-state index is 12.4. The van der Waals surface area contributed by atoms with Crippen LogP contribution in [0.3, 0.4) is 0 Å². The van der Waals surface area contributed by atoms with E-state index in [1.54, 1.807) is 29.4 Å². The summed E-state index contributed by atoms with van der Waals surface area (Å²) in [5.74, 6) is 0.0148. The maximum atomic E-state index is 12.4. The van der Waals surface area contributed by atoms with Gasteiger partial charge in [-0.25, -0.2) is 13.1 Å². The Hall–Kier alpha value is -1.77. The van der Waals surface area contributed by atoms with Crippen LogP contribution in [0.4, 0.5) is 0 Å². The van der Waals surface area contributed by atoms with Gasteiger partial charge < -0.3 is 4.90 Å². The van der Waals surface area contributed by atoms with Crippen LogP contribution in [0.5, 0.6) is 0 Å². The Balaban J connectivity index is 1.75. The lowest BCUT2D eigenvalue weighted by molar-refractivity contribution is -0.129. The summed E-state index contributed by atoms with van der Waals surface area (Å²) < 4.78 is 27.8. The zero-order chi connectivity index (χ0) is 16.4. The third-order valence-corrected chi connectivity index (χ3v) is 6.86. The highest BCUT2D eigenvalue weighted by molar-refractivity contribution is 7.91. The minimum absolute atomic E-state index is 0.0148. The smallest absolute Gasteiger partial charge is 0.250 e. The molecule has 0 aromatic carbocycles. The Morgan fingerprint density at radius 3 is 3.00 bits per heavy atom. The molecular formula is C15H17N3O3S2. The zero-order valence-electron chi connectivity index (χ0n) is 12.7. The summed E-state index contributed by atoms with van der Waals surface area (Å²) in [5, 5.41) is 0. The largest absolute Gasteiger partial charge is 0.338 e. The van der Waals surface area contributed by atoms with Crippen molar-refractivity contribution in [2.75, 3.05) is 6.54 Å². The Labute approximate surface area is 139 Å². The monoisotopic (exact) mass is 351 g/mol. The van der Waals surface area contributed by atoms with E-state index in [2.05, 4.69) is 9.71 Å². The van der Waals surface area contributed by atoms with Gasteiger partial charge in [-0.3, -0.25) is 9.78 Å². The van der Waals surface area contributed by atoms with E-state index in [1.807, 2.05) is 6.07 Å². The highest BCUT2D eigenvalue weighted by Gasteiger charge is 2.25. The van der Waals surface area contributed by atoms with Gasteiger partial charge in [0.2, 0.25) is 15.9 Å². The summed E-state index contributed by atoms with van der Waals surface area (Å²) in [6.07, 6.45) is 3.98. The molecule has 1 amide bonds. The van der Waals surface area contributed by atoms with Gasteiger partial charge in [0.1, 0.15) is 4.21 Å². The first kappa shape index (κ1) is 16.1. The summed E-state index contributed by atoms with van der Waals surface area (Å²) in [5.41, 5.74) is 1.73. The van der Waals surface area contributed by atoms with Crippen molar-refractivity contribution in [2.45, 2.75) is 30.6 Å². The lowest BCUT2D eigenvalue weighted by Gasteiger charge is -2.25. The molecule has 8 heteroatoms. The van der Waals surface area contributed by atoms with Crippen molar-refractivity contribution in [3.8, 4) is 0 Å². The summed E-state index contributed by atoms with van der Waals surface area (Å²) in [4.78, 5) is 18.2. The standard InChI is InChI=1S/C15H17N3O3S2/c1-11(19)18-6-4-14-13(10-18)7-15(22-14)23(20,21)17-9-12-3-2-5-16-8-12/h2-3,5,7-8,17H,4,6,9-10H2,1H3. The fourth-order valence-electron chi connectivity index (χ4n) is 2.46. The number of amides is 1. The van der Waals surface area contributed by atoms with Gasteiger partial charge in [-0.1, -0.05) is 6.07 Å². The Kier molecular flexibility index (Phi) is 4.47. The average molecular weight is 351 g/mol. The molecule has 0 saturated heterocycles. The van der Waals surface area contributed by atoms with Gasteiger partial charge in [-0.15, -0.1) is 11.3 Å². The molecule has 0 radical (unpaired) electrons. The number of nitrogens with zero attached hydrogens (tertiary/aromatic N) is 2. The molecule has 0 fully saturated rings. The van der Waals surface area contributed by atoms with Crippen LogP contribution >= 0.6 is 11.3 Å². The third-order valence-electron chi connectivity index (χ3n) is 3.74. The normalized spacial score (nSPS) is 14.6. The summed E-state index contributed by atoms with van der Waals surface area (Å²) >= 11 is 1.29. The molecule has 2 aromatic rings. The number of hydrogen-bond donors (Lipinski definition) is 1. The van der Waals surface area contributed by atoms with Crippen LogP contribution in [-0.2, 0) is 34.3 Å². The van der Waals surface area contributed by atoms with Crippen molar-refractivity contribution in [3.63, 3.8) is 0 Å². The second-order valence-corrected chi connectivity index (χ2v) is 8.52. The number of thiophene rings is 1. The molecule has 3 heterocycles. The summed E-state index contributed by atoms with van der Waals surface area (Å²) in [6, 6.07) is 5.27. The van der Waals surface area contributed by atoms with Gasteiger partial charge in [-0.05, 0) is 29.7 Å². The first-order chi connectivity index (χ1) is 11.0. The SMILES string of the molecule is CC(=O)N1CCc2sc(S(=O)(=O)NCc3cccnc3)cc2C1. The molecule has 0 atom stereocenters. The zero-order valence-corrected chi connectivity index (χ0v) is 14.3. The van der Waals surface area contributed by atoms with Crippen molar-refractivity contribution >= 4 is 27.3 Å². The number of aromatic nitrogens is 1. The number of fused-ring (bicyclic) bond motifs is 1. The van der Waals surface area contributed by atoms with Crippen molar-refractivity contribution in [1.29, 1.82) is 0 Å². The van der Waals surface area contributed by atoms with Gasteiger partial charge in [0.05, 0.1) is 0 Å². The second kappa shape index (κ2) is 6.38. The maximum Gasteiger partial charge on any atom is 0.250 e. The summed E-state index contributed by atoms with van der Waals surface area (Å²) in [7, 11) is -3.55. The van der Waals surface area contributed by atoms with Crippen molar-refractivity contribution in [3.05, 3.63) is 46.6 Å². The van der Waals surface area contributed by atoms with E-state index in [9.17, 15) is 13.2 Å². The van der Waals surface area contributed by atoms with E-state index < -0.39 is 10.0 Å². The van der Waals surface area contributed by atoms with E-state index in [-0.39, 0.29) is 12.5 Å². The number of carbonyl (C=O) groups is 1. The van der Waals surface area contributed by atoms with Crippen LogP contribution in [0.15, 0.2) is 34.8 Å². The van der Waals surface area contributed by atoms with Crippen LogP contribution in [0.2, 0.25) is 0 Å². The predicted molar refractivity (Wildman–Crippen MR) is 87.4 cm³/mol. The molecule has 1 N–H and O–H groups in total. The molecule has 0 bridgehead atoms. The first-order valence-electron chi connectivity index (χ1n) is 7.21. The Morgan fingerprint density at radius 1 is 1.48 bits per heavy atom. The lowest BCUT2D eigenvalue weighted by Crippen LogP contribution is -2.33. The molecule has 6 nitrogen and oxygen atoms in total. The van der Waals surface area contributed by atoms with Crippen LogP contribution in [-0.4, -0.2) is 30.8 Å². The van der Waals surface area contributed by atoms with Gasteiger partial charge >= 0.3 is 0 Å². The van der Waals surface area contributed by atoms with E-state index in [1.165, 1.54) is 18.3 Å². The highest BCUT2D eigenvalue weighted by atomic mass is 32.2. The summed E-state index contributed by atoms with van der Waals surface area (Å²) in [6.45, 7) is 2.87. The number of hydrogen-bond acceptors (Lipinski definition) is 5. The van der Waals surface area contributed by atoms with Crippen LogP contribution in [0.1, 0.15) is 22.9 Å².